The van der Waals surface area contributed by atoms with Crippen LogP contribution < -0.4 is 4.74 Å². The lowest BCUT2D eigenvalue weighted by atomic mass is 9.85. The van der Waals surface area contributed by atoms with Gasteiger partial charge in [-0.1, -0.05) is 91.5 Å². The second-order valence-corrected chi connectivity index (χ2v) is 10.9. The summed E-state index contributed by atoms with van der Waals surface area (Å²) in [6, 6.07) is 10.4. The SMILES string of the molecule is CCCCCCCCCCCCOc1c(C)cc(/N=N/c2ccc(C)c(C)c2)cc1C(C)(C)C. The van der Waals surface area contributed by atoms with Crippen molar-refractivity contribution in [2.45, 2.75) is 118 Å². The molecule has 0 bridgehead atoms. The molecule has 0 aromatic heterocycles. The molecule has 3 nitrogen and oxygen atoms in total. The van der Waals surface area contributed by atoms with Gasteiger partial charge in [0, 0.05) is 5.56 Å². The number of aryl methyl sites for hydroxylation is 3. The number of nitrogens with zero attached hydrogens (tertiary/aromatic N) is 2. The summed E-state index contributed by atoms with van der Waals surface area (Å²) in [6.45, 7) is 16.1. The third-order valence-corrected chi connectivity index (χ3v) is 6.58. The molecular formula is C31H48N2O. The Bertz CT molecular complexity index is 908. The molecule has 0 aliphatic carbocycles. The molecule has 3 heteroatoms. The molecule has 0 aliphatic heterocycles. The molecule has 0 spiro atoms. The van der Waals surface area contributed by atoms with Crippen molar-refractivity contribution in [1.82, 2.24) is 0 Å². The monoisotopic (exact) mass is 464 g/mol. The van der Waals surface area contributed by atoms with Crippen LogP contribution >= 0.6 is 0 Å². The summed E-state index contributed by atoms with van der Waals surface area (Å²) in [5.74, 6) is 1.02. The lowest BCUT2D eigenvalue weighted by Gasteiger charge is -2.24. The Morgan fingerprint density at radius 3 is 1.79 bits per heavy atom. The van der Waals surface area contributed by atoms with E-state index < -0.39 is 0 Å². The molecule has 2 aromatic rings. The second-order valence-electron chi connectivity index (χ2n) is 10.9. The van der Waals surface area contributed by atoms with E-state index in [9.17, 15) is 0 Å². The smallest absolute Gasteiger partial charge is 0.126 e. The fraction of sp³-hybridized carbons (Fsp3) is 0.613. The van der Waals surface area contributed by atoms with E-state index in [2.05, 4.69) is 83.0 Å². The maximum Gasteiger partial charge on any atom is 0.126 e. The van der Waals surface area contributed by atoms with Crippen LogP contribution in [0, 0.1) is 20.8 Å². The molecule has 2 rings (SSSR count). The minimum Gasteiger partial charge on any atom is -0.493 e. The number of benzene rings is 2. The summed E-state index contributed by atoms with van der Waals surface area (Å²) < 4.78 is 6.34. The Labute approximate surface area is 209 Å². The summed E-state index contributed by atoms with van der Waals surface area (Å²) in [4.78, 5) is 0. The van der Waals surface area contributed by atoms with Gasteiger partial charge in [0.15, 0.2) is 0 Å². The van der Waals surface area contributed by atoms with Crippen LogP contribution in [0.5, 0.6) is 5.75 Å². The molecule has 0 atom stereocenters. The standard InChI is InChI=1S/C31H48N2O/c1-8-9-10-11-12-13-14-15-16-17-20-34-30-26(4)22-28(23-29(30)31(5,6)7)33-32-27-19-18-24(2)25(3)21-27/h18-19,21-23H,8-17,20H2,1-7H3/b33-32+. The van der Waals surface area contributed by atoms with Gasteiger partial charge in [-0.15, -0.1) is 0 Å². The van der Waals surface area contributed by atoms with Gasteiger partial charge in [0.05, 0.1) is 18.0 Å². The van der Waals surface area contributed by atoms with Crippen molar-refractivity contribution in [3.63, 3.8) is 0 Å². The van der Waals surface area contributed by atoms with Gasteiger partial charge >= 0.3 is 0 Å². The molecule has 0 aliphatic rings. The van der Waals surface area contributed by atoms with Gasteiger partial charge in [0.1, 0.15) is 5.75 Å². The average molecular weight is 465 g/mol. The van der Waals surface area contributed by atoms with Gasteiger partial charge in [0.2, 0.25) is 0 Å². The molecule has 0 fully saturated rings. The Morgan fingerprint density at radius 1 is 0.647 bits per heavy atom. The van der Waals surface area contributed by atoms with Crippen molar-refractivity contribution >= 4 is 11.4 Å². The van der Waals surface area contributed by atoms with Gasteiger partial charge in [-0.2, -0.15) is 10.2 Å². The number of hydrogen-bond acceptors (Lipinski definition) is 3. The fourth-order valence-electron chi connectivity index (χ4n) is 4.23. The van der Waals surface area contributed by atoms with E-state index >= 15 is 0 Å². The van der Waals surface area contributed by atoms with E-state index in [0.29, 0.717) is 0 Å². The zero-order valence-electron chi connectivity index (χ0n) is 23.0. The predicted molar refractivity (Wildman–Crippen MR) is 147 cm³/mol. The largest absolute Gasteiger partial charge is 0.493 e. The molecule has 0 radical (unpaired) electrons. The highest BCUT2D eigenvalue weighted by Gasteiger charge is 2.21. The van der Waals surface area contributed by atoms with E-state index in [1.165, 1.54) is 74.5 Å². The minimum atomic E-state index is -0.0240. The van der Waals surface area contributed by atoms with E-state index in [4.69, 9.17) is 4.74 Å². The minimum absolute atomic E-state index is 0.0240. The first-order chi connectivity index (χ1) is 16.2. The summed E-state index contributed by atoms with van der Waals surface area (Å²) in [6.07, 6.45) is 13.4. The molecule has 0 N–H and O–H groups in total. The molecule has 2 aromatic carbocycles. The molecule has 34 heavy (non-hydrogen) atoms. The molecular weight excluding hydrogens is 416 g/mol. The van der Waals surface area contributed by atoms with Crippen molar-refractivity contribution in [3.05, 3.63) is 52.6 Å². The lowest BCUT2D eigenvalue weighted by molar-refractivity contribution is 0.294. The highest BCUT2D eigenvalue weighted by atomic mass is 16.5. The zero-order chi connectivity index (χ0) is 25.0. The van der Waals surface area contributed by atoms with Crippen LogP contribution in [0.2, 0.25) is 0 Å². The molecule has 188 valence electrons. The lowest BCUT2D eigenvalue weighted by Crippen LogP contribution is -2.14. The van der Waals surface area contributed by atoms with Crippen LogP contribution in [0.15, 0.2) is 40.6 Å². The zero-order valence-corrected chi connectivity index (χ0v) is 23.0. The third kappa shape index (κ3) is 9.60. The first-order valence-electron chi connectivity index (χ1n) is 13.5. The number of rotatable bonds is 14. The van der Waals surface area contributed by atoms with Crippen LogP contribution in [0.1, 0.15) is 114 Å². The van der Waals surface area contributed by atoms with Gasteiger partial charge in [0.25, 0.3) is 0 Å². The van der Waals surface area contributed by atoms with Crippen molar-refractivity contribution in [2.24, 2.45) is 10.2 Å². The Hall–Kier alpha value is -2.16. The van der Waals surface area contributed by atoms with E-state index in [0.717, 1.165) is 35.7 Å². The van der Waals surface area contributed by atoms with E-state index in [1.54, 1.807) is 0 Å². The van der Waals surface area contributed by atoms with E-state index in [-0.39, 0.29) is 5.41 Å². The molecule has 0 heterocycles. The quantitative estimate of drug-likeness (QED) is 0.202. The summed E-state index contributed by atoms with van der Waals surface area (Å²) in [7, 11) is 0. The fourth-order valence-corrected chi connectivity index (χ4v) is 4.23. The second kappa shape index (κ2) is 14.3. The van der Waals surface area contributed by atoms with Crippen molar-refractivity contribution in [3.8, 4) is 5.75 Å². The highest BCUT2D eigenvalue weighted by Crippen LogP contribution is 2.38. The summed E-state index contributed by atoms with van der Waals surface area (Å²) in [5, 5.41) is 9.04. The summed E-state index contributed by atoms with van der Waals surface area (Å²) >= 11 is 0. The van der Waals surface area contributed by atoms with Crippen LogP contribution in [0.3, 0.4) is 0 Å². The Kier molecular flexibility index (Phi) is 11.8. The summed E-state index contributed by atoms with van der Waals surface area (Å²) in [5.41, 5.74) is 6.59. The Balaban J connectivity index is 1.92. The van der Waals surface area contributed by atoms with Crippen LogP contribution in [-0.4, -0.2) is 6.61 Å². The maximum atomic E-state index is 6.34. The maximum absolute atomic E-state index is 6.34. The normalized spacial score (nSPS) is 12.0. The molecule has 0 saturated carbocycles. The Morgan fingerprint density at radius 2 is 1.21 bits per heavy atom. The van der Waals surface area contributed by atoms with Gasteiger partial charge in [-0.25, -0.2) is 0 Å². The van der Waals surface area contributed by atoms with Crippen LogP contribution in [0.25, 0.3) is 0 Å². The molecule has 0 unspecified atom stereocenters. The van der Waals surface area contributed by atoms with Gasteiger partial charge in [-0.3, -0.25) is 0 Å². The van der Waals surface area contributed by atoms with Gasteiger partial charge < -0.3 is 4.74 Å². The van der Waals surface area contributed by atoms with Crippen molar-refractivity contribution in [1.29, 1.82) is 0 Å². The predicted octanol–water partition coefficient (Wildman–Crippen LogP) is 10.6. The van der Waals surface area contributed by atoms with Crippen LogP contribution in [-0.2, 0) is 5.41 Å². The first-order valence-corrected chi connectivity index (χ1v) is 13.5. The molecule has 0 saturated heterocycles. The average Bonchev–Trinajstić information content (AvgIpc) is 2.78. The number of hydrogen-bond donors (Lipinski definition) is 0. The number of unbranched alkanes of at least 4 members (excludes halogenated alkanes) is 9. The molecule has 0 amide bonds. The van der Waals surface area contributed by atoms with Crippen molar-refractivity contribution in [2.75, 3.05) is 6.61 Å². The van der Waals surface area contributed by atoms with Crippen LogP contribution in [0.4, 0.5) is 11.4 Å². The third-order valence-electron chi connectivity index (χ3n) is 6.58. The van der Waals surface area contributed by atoms with E-state index in [1.807, 2.05) is 6.07 Å². The van der Waals surface area contributed by atoms with Gasteiger partial charge in [-0.05, 0) is 73.6 Å². The first kappa shape index (κ1) is 28.1. The van der Waals surface area contributed by atoms with Crippen molar-refractivity contribution < 1.29 is 4.74 Å². The highest BCUT2D eigenvalue weighted by molar-refractivity contribution is 5.55. The topological polar surface area (TPSA) is 34.0 Å². The number of ether oxygens (including phenoxy) is 1. The number of azo groups is 1.